The lowest BCUT2D eigenvalue weighted by Crippen LogP contribution is -1.97. The molecule has 2 rings (SSSR count). The first-order valence-corrected chi connectivity index (χ1v) is 9.17. The van der Waals surface area contributed by atoms with Crippen molar-refractivity contribution in [3.05, 3.63) is 47.0 Å². The summed E-state index contributed by atoms with van der Waals surface area (Å²) in [6.07, 6.45) is 2.15. The molecule has 27 heavy (non-hydrogen) atoms. The molecule has 0 radical (unpaired) electrons. The average Bonchev–Trinajstić information content (AvgIpc) is 2.54. The predicted octanol–water partition coefficient (Wildman–Crippen LogP) is 5.43. The van der Waals surface area contributed by atoms with Gasteiger partial charge in [0.15, 0.2) is 5.78 Å². The molecule has 0 fully saturated rings. The molecule has 0 aliphatic rings. The summed E-state index contributed by atoms with van der Waals surface area (Å²) >= 11 is 0. The van der Waals surface area contributed by atoms with Gasteiger partial charge in [-0.15, -0.1) is 0 Å². The van der Waals surface area contributed by atoms with Crippen molar-refractivity contribution in [1.82, 2.24) is 0 Å². The summed E-state index contributed by atoms with van der Waals surface area (Å²) in [7, 11) is 0. The van der Waals surface area contributed by atoms with E-state index in [1.165, 1.54) is 25.1 Å². The second kappa shape index (κ2) is 9.86. The first-order chi connectivity index (χ1) is 12.6. The highest BCUT2D eigenvalue weighted by atomic mass is 16.3. The van der Waals surface area contributed by atoms with Gasteiger partial charge in [0.2, 0.25) is 0 Å². The Morgan fingerprint density at radius 2 is 1.48 bits per heavy atom. The number of rotatable bonds is 5. The van der Waals surface area contributed by atoms with Gasteiger partial charge in [0, 0.05) is 12.1 Å². The summed E-state index contributed by atoms with van der Waals surface area (Å²) < 4.78 is 0. The Kier molecular flexibility index (Phi) is 8.16. The summed E-state index contributed by atoms with van der Waals surface area (Å²) in [5, 5.41) is 37.5. The minimum Gasteiger partial charge on any atom is -0.508 e. The fourth-order valence-electron chi connectivity index (χ4n) is 2.88. The van der Waals surface area contributed by atoms with Crippen LogP contribution in [0.15, 0.2) is 30.3 Å². The van der Waals surface area contributed by atoms with E-state index in [0.29, 0.717) is 11.5 Å². The van der Waals surface area contributed by atoms with Crippen molar-refractivity contribution in [3.8, 4) is 23.0 Å². The van der Waals surface area contributed by atoms with Crippen LogP contribution >= 0.6 is 0 Å². The lowest BCUT2D eigenvalue weighted by molar-refractivity contribution is 0.101. The zero-order valence-electron chi connectivity index (χ0n) is 16.7. The maximum Gasteiger partial charge on any atom is 0.163 e. The van der Waals surface area contributed by atoms with Gasteiger partial charge in [-0.1, -0.05) is 40.2 Å². The number of Topliss-reactive ketones (excluding diaryl/α,β-unsaturated/α-hetero) is 1. The van der Waals surface area contributed by atoms with Crippen LogP contribution in [0.5, 0.6) is 23.0 Å². The van der Waals surface area contributed by atoms with Crippen LogP contribution in [0, 0.1) is 0 Å². The van der Waals surface area contributed by atoms with Crippen LogP contribution in [0.3, 0.4) is 0 Å². The fraction of sp³-hybridized carbons (Fsp3) is 0.409. The molecule has 4 N–H and O–H groups in total. The highest BCUT2D eigenvalue weighted by molar-refractivity contribution is 5.97. The van der Waals surface area contributed by atoms with Crippen LogP contribution < -0.4 is 0 Å². The van der Waals surface area contributed by atoms with Gasteiger partial charge in [-0.2, -0.15) is 0 Å². The molecule has 0 aromatic heterocycles. The number of carbonyl (C=O) groups excluding carboxylic acids is 1. The number of phenols is 4. The molecule has 2 aromatic carbocycles. The topological polar surface area (TPSA) is 98.0 Å². The van der Waals surface area contributed by atoms with Crippen LogP contribution in [0.4, 0.5) is 0 Å². The monoisotopic (exact) mass is 374 g/mol. The maximum atomic E-state index is 11.1. The third-order valence-electron chi connectivity index (χ3n) is 4.41. The van der Waals surface area contributed by atoms with E-state index >= 15 is 0 Å². The quantitative estimate of drug-likeness (QED) is 0.524. The van der Waals surface area contributed by atoms with E-state index in [0.717, 1.165) is 18.4 Å². The summed E-state index contributed by atoms with van der Waals surface area (Å²) in [6, 6.07) is 7.54. The first kappa shape index (κ1) is 22.4. The second-order valence-corrected chi connectivity index (χ2v) is 7.07. The van der Waals surface area contributed by atoms with E-state index < -0.39 is 0 Å². The van der Waals surface area contributed by atoms with Gasteiger partial charge in [0.1, 0.15) is 23.0 Å². The van der Waals surface area contributed by atoms with Crippen molar-refractivity contribution >= 4 is 5.78 Å². The number of ketones is 1. The molecule has 2 aromatic rings. The highest BCUT2D eigenvalue weighted by Crippen LogP contribution is 2.32. The van der Waals surface area contributed by atoms with Gasteiger partial charge in [-0.25, -0.2) is 0 Å². The molecule has 0 heterocycles. The van der Waals surface area contributed by atoms with Gasteiger partial charge < -0.3 is 20.4 Å². The van der Waals surface area contributed by atoms with E-state index in [1.807, 2.05) is 13.8 Å². The predicted molar refractivity (Wildman–Crippen MR) is 107 cm³/mol. The SMILES string of the molecule is CC(=O)c1cc(C(C)C)c(O)cc1O.CCCC(C)c1ccc(O)cc1O. The first-order valence-electron chi connectivity index (χ1n) is 9.17. The fourth-order valence-corrected chi connectivity index (χ4v) is 2.88. The van der Waals surface area contributed by atoms with Crippen molar-refractivity contribution < 1.29 is 25.2 Å². The van der Waals surface area contributed by atoms with Gasteiger partial charge >= 0.3 is 0 Å². The molecule has 0 saturated carbocycles. The van der Waals surface area contributed by atoms with E-state index in [9.17, 15) is 20.1 Å². The van der Waals surface area contributed by atoms with Crippen LogP contribution in [-0.4, -0.2) is 26.2 Å². The summed E-state index contributed by atoms with van der Waals surface area (Å²) in [5.41, 5.74) is 1.85. The van der Waals surface area contributed by atoms with Gasteiger partial charge in [-0.3, -0.25) is 4.79 Å². The Morgan fingerprint density at radius 1 is 0.889 bits per heavy atom. The molecule has 0 spiro atoms. The Hall–Kier alpha value is -2.69. The second-order valence-electron chi connectivity index (χ2n) is 7.07. The van der Waals surface area contributed by atoms with Crippen molar-refractivity contribution in [2.45, 2.75) is 59.3 Å². The van der Waals surface area contributed by atoms with Crippen molar-refractivity contribution in [2.75, 3.05) is 0 Å². The maximum absolute atomic E-state index is 11.1. The molecule has 1 atom stereocenters. The van der Waals surface area contributed by atoms with Crippen LogP contribution in [-0.2, 0) is 0 Å². The number of carbonyl (C=O) groups is 1. The summed E-state index contributed by atoms with van der Waals surface area (Å²) in [4.78, 5) is 11.1. The van der Waals surface area contributed by atoms with E-state index in [1.54, 1.807) is 12.1 Å². The van der Waals surface area contributed by atoms with Gasteiger partial charge in [-0.05, 0) is 48.4 Å². The molecule has 0 aliphatic heterocycles. The zero-order chi connectivity index (χ0) is 20.7. The molecule has 0 aliphatic carbocycles. The molecular weight excluding hydrogens is 344 g/mol. The summed E-state index contributed by atoms with van der Waals surface area (Å²) in [5.74, 6) is 0.441. The van der Waals surface area contributed by atoms with E-state index in [2.05, 4.69) is 13.8 Å². The number of benzene rings is 2. The van der Waals surface area contributed by atoms with Crippen molar-refractivity contribution in [2.24, 2.45) is 0 Å². The minimum absolute atomic E-state index is 0.0301. The summed E-state index contributed by atoms with van der Waals surface area (Å²) in [6.45, 7) is 9.41. The van der Waals surface area contributed by atoms with Crippen LogP contribution in [0.1, 0.15) is 80.8 Å². The van der Waals surface area contributed by atoms with Crippen molar-refractivity contribution in [3.63, 3.8) is 0 Å². The Bertz CT molecular complexity index is 781. The molecular formula is C22H30O5. The average molecular weight is 374 g/mol. The third kappa shape index (κ3) is 6.20. The minimum atomic E-state index is -0.204. The van der Waals surface area contributed by atoms with Crippen molar-refractivity contribution in [1.29, 1.82) is 0 Å². The molecule has 1 unspecified atom stereocenters. The van der Waals surface area contributed by atoms with Gasteiger partial charge in [0.25, 0.3) is 0 Å². The Balaban J connectivity index is 0.000000271. The molecule has 0 amide bonds. The van der Waals surface area contributed by atoms with Crippen LogP contribution in [0.2, 0.25) is 0 Å². The largest absolute Gasteiger partial charge is 0.508 e. The van der Waals surface area contributed by atoms with Gasteiger partial charge in [0.05, 0.1) is 5.56 Å². The normalized spacial score (nSPS) is 11.6. The Morgan fingerprint density at radius 3 is 1.96 bits per heavy atom. The molecule has 5 heteroatoms. The highest BCUT2D eigenvalue weighted by Gasteiger charge is 2.13. The number of hydrogen-bond acceptors (Lipinski definition) is 5. The lowest BCUT2D eigenvalue weighted by Gasteiger charge is -2.12. The third-order valence-corrected chi connectivity index (χ3v) is 4.41. The van der Waals surface area contributed by atoms with Crippen LogP contribution in [0.25, 0.3) is 0 Å². The van der Waals surface area contributed by atoms with E-state index in [-0.39, 0.29) is 40.3 Å². The smallest absolute Gasteiger partial charge is 0.163 e. The number of aromatic hydroxyl groups is 4. The standard InChI is InChI=1S/C11H14O3.C11H16O2/c1-6(2)8-4-9(7(3)12)11(14)5-10(8)13;1-3-4-8(2)10-6-5-9(12)7-11(10)13/h4-6,13-14H,1-3H3;5-8,12-13H,3-4H2,1-2H3. The number of phenolic OH excluding ortho intramolecular Hbond substituents is 4. The van der Waals surface area contributed by atoms with E-state index in [4.69, 9.17) is 5.11 Å². The number of hydrogen-bond donors (Lipinski definition) is 4. The molecule has 0 saturated heterocycles. The zero-order valence-corrected chi connectivity index (χ0v) is 16.7. The molecule has 0 bridgehead atoms. The molecule has 5 nitrogen and oxygen atoms in total. The molecule has 148 valence electrons. The Labute approximate surface area is 160 Å². The lowest BCUT2D eigenvalue weighted by atomic mass is 9.96.